The van der Waals surface area contributed by atoms with Crippen LogP contribution in [-0.2, 0) is 13.0 Å². The minimum absolute atomic E-state index is 0.243. The van der Waals surface area contributed by atoms with Gasteiger partial charge >= 0.3 is 6.03 Å². The summed E-state index contributed by atoms with van der Waals surface area (Å²) in [6.45, 7) is 0.894. The van der Waals surface area contributed by atoms with Gasteiger partial charge in [0.15, 0.2) is 0 Å². The maximum Gasteiger partial charge on any atom is 0.322 e. The number of carbonyl (C=O) groups is 1. The molecule has 0 unspecified atom stereocenters. The third-order valence-electron chi connectivity index (χ3n) is 4.70. The first-order valence-electron chi connectivity index (χ1n) is 8.65. The van der Waals surface area contributed by atoms with Gasteiger partial charge < -0.3 is 10.1 Å². The van der Waals surface area contributed by atoms with Gasteiger partial charge in [0.2, 0.25) is 0 Å². The van der Waals surface area contributed by atoms with Gasteiger partial charge in [0.05, 0.1) is 19.0 Å². The molecule has 1 aliphatic heterocycles. The van der Waals surface area contributed by atoms with Crippen LogP contribution in [0.25, 0.3) is 11.1 Å². The lowest BCUT2D eigenvalue weighted by Gasteiger charge is -2.19. The van der Waals surface area contributed by atoms with Crippen molar-refractivity contribution in [2.24, 2.45) is 0 Å². The molecule has 2 heterocycles. The number of nitrogens with one attached hydrogen (secondary N) is 2. The van der Waals surface area contributed by atoms with Crippen LogP contribution < -0.4 is 15.0 Å². The second kappa shape index (κ2) is 7.11. The zero-order chi connectivity index (χ0) is 18.8. The number of aromatic nitrogens is 2. The number of hydrogen-bond acceptors (Lipinski definition) is 3. The largest absolute Gasteiger partial charge is 0.497 e. The fourth-order valence-corrected chi connectivity index (χ4v) is 3.30. The van der Waals surface area contributed by atoms with Crippen LogP contribution in [0.1, 0.15) is 11.1 Å². The summed E-state index contributed by atoms with van der Waals surface area (Å²) in [4.78, 5) is 14.2. The van der Waals surface area contributed by atoms with E-state index in [1.54, 1.807) is 30.5 Å². The number of ether oxygens (including phenoxy) is 1. The molecular weight excluding hydrogens is 347 g/mol. The monoisotopic (exact) mass is 366 g/mol. The summed E-state index contributed by atoms with van der Waals surface area (Å²) in [5, 5.41) is 9.45. The summed E-state index contributed by atoms with van der Waals surface area (Å²) in [6.07, 6.45) is 3.92. The topological polar surface area (TPSA) is 70.2 Å². The molecule has 4 rings (SSSR count). The molecule has 2 aromatic carbocycles. The lowest BCUT2D eigenvalue weighted by atomic mass is 10.0. The first-order chi connectivity index (χ1) is 13.2. The van der Waals surface area contributed by atoms with Gasteiger partial charge in [-0.2, -0.15) is 5.10 Å². The van der Waals surface area contributed by atoms with Crippen molar-refractivity contribution in [2.45, 2.75) is 13.0 Å². The number of aromatic amines is 1. The van der Waals surface area contributed by atoms with Crippen molar-refractivity contribution < 1.29 is 13.9 Å². The molecule has 0 saturated carbocycles. The van der Waals surface area contributed by atoms with E-state index in [0.717, 1.165) is 16.9 Å². The van der Waals surface area contributed by atoms with Gasteiger partial charge in [-0.15, -0.1) is 0 Å². The second-order valence-electron chi connectivity index (χ2n) is 6.36. The van der Waals surface area contributed by atoms with Crippen molar-refractivity contribution >= 4 is 11.7 Å². The summed E-state index contributed by atoms with van der Waals surface area (Å²) in [7, 11) is 1.60. The molecule has 2 amide bonds. The minimum Gasteiger partial charge on any atom is -0.497 e. The van der Waals surface area contributed by atoms with E-state index in [4.69, 9.17) is 4.74 Å². The summed E-state index contributed by atoms with van der Waals surface area (Å²) in [5.74, 6) is 0.366. The van der Waals surface area contributed by atoms with Gasteiger partial charge in [0.25, 0.3) is 0 Å². The van der Waals surface area contributed by atoms with Crippen LogP contribution in [0.2, 0.25) is 0 Å². The number of methoxy groups -OCH3 is 1. The average Bonchev–Trinajstić information content (AvgIpc) is 3.35. The molecule has 138 valence electrons. The highest BCUT2D eigenvalue weighted by Crippen LogP contribution is 2.34. The third kappa shape index (κ3) is 3.36. The number of H-pyrrole nitrogens is 1. The molecule has 6 nitrogen and oxygen atoms in total. The van der Waals surface area contributed by atoms with Gasteiger partial charge in [-0.3, -0.25) is 10.00 Å². The number of anilines is 1. The van der Waals surface area contributed by atoms with E-state index in [9.17, 15) is 9.18 Å². The van der Waals surface area contributed by atoms with Gasteiger partial charge in [0, 0.05) is 30.4 Å². The van der Waals surface area contributed by atoms with E-state index in [2.05, 4.69) is 15.5 Å². The van der Waals surface area contributed by atoms with Crippen LogP contribution in [0.3, 0.4) is 0 Å². The Bertz CT molecular complexity index is 972. The molecular formula is C20H19FN4O2. The predicted molar refractivity (Wildman–Crippen MR) is 100 cm³/mol. The van der Waals surface area contributed by atoms with Crippen molar-refractivity contribution in [2.75, 3.05) is 18.6 Å². The Balaban J connectivity index is 1.50. The number of halogens is 1. The van der Waals surface area contributed by atoms with Gasteiger partial charge in [0.1, 0.15) is 11.6 Å². The first-order valence-corrected chi connectivity index (χ1v) is 8.65. The van der Waals surface area contributed by atoms with Gasteiger partial charge in [-0.05, 0) is 41.8 Å². The molecule has 1 aliphatic rings. The standard InChI is InChI=1S/C20H19FN4O2/c1-27-16-4-2-3-13(7-16)10-22-20(26)25-6-5-14-8-17(15-11-23-24-12-15)18(21)9-19(14)25/h2-4,7-9,11-12H,5-6,10H2,1H3,(H,22,26)(H,23,24). The molecule has 1 aromatic heterocycles. The van der Waals surface area contributed by atoms with Gasteiger partial charge in [-0.25, -0.2) is 9.18 Å². The molecule has 0 fully saturated rings. The molecule has 0 spiro atoms. The zero-order valence-corrected chi connectivity index (χ0v) is 14.8. The molecule has 0 saturated heterocycles. The van der Waals surface area contributed by atoms with Crippen molar-refractivity contribution in [1.29, 1.82) is 0 Å². The summed E-state index contributed by atoms with van der Waals surface area (Å²) in [6, 6.07) is 10.5. The van der Waals surface area contributed by atoms with E-state index < -0.39 is 0 Å². The fourth-order valence-electron chi connectivity index (χ4n) is 3.30. The number of carbonyl (C=O) groups excluding carboxylic acids is 1. The highest BCUT2D eigenvalue weighted by atomic mass is 19.1. The smallest absolute Gasteiger partial charge is 0.322 e. The van der Waals surface area contributed by atoms with E-state index in [1.165, 1.54) is 6.07 Å². The van der Waals surface area contributed by atoms with Crippen molar-refractivity contribution in [1.82, 2.24) is 15.5 Å². The molecule has 0 bridgehead atoms. The lowest BCUT2D eigenvalue weighted by Crippen LogP contribution is -2.38. The van der Waals surface area contributed by atoms with Crippen LogP contribution in [0.5, 0.6) is 5.75 Å². The summed E-state index contributed by atoms with van der Waals surface area (Å²) in [5.41, 5.74) is 3.67. The number of amides is 2. The van der Waals surface area contributed by atoms with E-state index in [-0.39, 0.29) is 11.8 Å². The lowest BCUT2D eigenvalue weighted by molar-refractivity contribution is 0.246. The Hall–Kier alpha value is -3.35. The van der Waals surface area contributed by atoms with Gasteiger partial charge in [-0.1, -0.05) is 12.1 Å². The van der Waals surface area contributed by atoms with Crippen LogP contribution in [0, 0.1) is 5.82 Å². The highest BCUT2D eigenvalue weighted by Gasteiger charge is 2.26. The summed E-state index contributed by atoms with van der Waals surface area (Å²) < 4.78 is 19.8. The van der Waals surface area contributed by atoms with E-state index in [0.29, 0.717) is 36.3 Å². The highest BCUT2D eigenvalue weighted by molar-refractivity contribution is 5.94. The Labute approximate surface area is 156 Å². The molecule has 27 heavy (non-hydrogen) atoms. The number of benzene rings is 2. The third-order valence-corrected chi connectivity index (χ3v) is 4.70. The number of urea groups is 1. The van der Waals surface area contributed by atoms with Crippen LogP contribution in [0.15, 0.2) is 48.8 Å². The molecule has 3 aromatic rings. The first kappa shape index (κ1) is 17.1. The average molecular weight is 366 g/mol. The minimum atomic E-state index is -0.373. The van der Waals surface area contributed by atoms with Crippen molar-refractivity contribution in [3.8, 4) is 16.9 Å². The SMILES string of the molecule is COc1cccc(CNC(=O)N2CCc3cc(-c4cn[nH]c4)c(F)cc32)c1. The Morgan fingerprint density at radius 1 is 1.37 bits per heavy atom. The van der Waals surface area contributed by atoms with E-state index >= 15 is 0 Å². The normalized spacial score (nSPS) is 12.7. The number of nitrogens with zero attached hydrogens (tertiary/aromatic N) is 2. The Morgan fingerprint density at radius 3 is 3.04 bits per heavy atom. The number of rotatable bonds is 4. The maximum atomic E-state index is 14.6. The fraction of sp³-hybridized carbons (Fsp3) is 0.200. The summed E-state index contributed by atoms with van der Waals surface area (Å²) >= 11 is 0. The molecule has 2 N–H and O–H groups in total. The second-order valence-corrected chi connectivity index (χ2v) is 6.36. The van der Waals surface area contributed by atoms with Crippen LogP contribution >= 0.6 is 0 Å². The molecule has 0 radical (unpaired) electrons. The van der Waals surface area contributed by atoms with E-state index in [1.807, 2.05) is 24.3 Å². The predicted octanol–water partition coefficient (Wildman–Crippen LogP) is 3.50. The molecule has 0 aliphatic carbocycles. The number of hydrogen-bond donors (Lipinski definition) is 2. The molecule has 7 heteroatoms. The quantitative estimate of drug-likeness (QED) is 0.742. The number of fused-ring (bicyclic) bond motifs is 1. The Kier molecular flexibility index (Phi) is 4.50. The van der Waals surface area contributed by atoms with Crippen molar-refractivity contribution in [3.05, 3.63) is 65.7 Å². The zero-order valence-electron chi connectivity index (χ0n) is 14.8. The van der Waals surface area contributed by atoms with Crippen LogP contribution in [-0.4, -0.2) is 29.9 Å². The Morgan fingerprint density at radius 2 is 2.26 bits per heavy atom. The van der Waals surface area contributed by atoms with Crippen molar-refractivity contribution in [3.63, 3.8) is 0 Å². The van der Waals surface area contributed by atoms with Crippen LogP contribution in [0.4, 0.5) is 14.9 Å². The maximum absolute atomic E-state index is 14.6. The molecule has 0 atom stereocenters.